The number of anilines is 2. The number of rotatable bonds is 35. The Labute approximate surface area is 554 Å². The smallest absolute Gasteiger partial charge is 0.490 e. The van der Waals surface area contributed by atoms with Crippen LogP contribution in [0, 0.1) is 39.9 Å². The lowest BCUT2D eigenvalue weighted by Gasteiger charge is -2.20. The van der Waals surface area contributed by atoms with Crippen LogP contribution < -0.4 is 38.5 Å². The fourth-order valence-electron chi connectivity index (χ4n) is 9.12. The van der Waals surface area contributed by atoms with E-state index in [9.17, 15) is 83.8 Å². The van der Waals surface area contributed by atoms with Gasteiger partial charge in [0.05, 0.1) is 104 Å². The van der Waals surface area contributed by atoms with E-state index in [1.54, 1.807) is 6.07 Å². The van der Waals surface area contributed by atoms with Crippen LogP contribution in [0.1, 0.15) is 76.6 Å². The number of carboxylic acids is 1. The molecule has 1 fully saturated rings. The molecular weight excluding hydrogens is 1410 g/mol. The van der Waals surface area contributed by atoms with Gasteiger partial charge in [0.15, 0.2) is 21.1 Å². The molecule has 0 bridgehead atoms. The minimum atomic E-state index is -5.86. The van der Waals surface area contributed by atoms with Crippen molar-refractivity contribution in [1.82, 2.24) is 25.9 Å². The van der Waals surface area contributed by atoms with Crippen molar-refractivity contribution in [2.75, 3.05) is 77.3 Å². The highest BCUT2D eigenvalue weighted by Gasteiger charge is 2.44. The van der Waals surface area contributed by atoms with Crippen LogP contribution in [0.3, 0.4) is 0 Å². The molecule has 39 nitrogen and oxygen atoms in total. The second-order valence-corrected chi connectivity index (χ2v) is 27.2. The van der Waals surface area contributed by atoms with Gasteiger partial charge in [0.2, 0.25) is 5.91 Å². The summed E-state index contributed by atoms with van der Waals surface area (Å²) in [5.74, 6) is 1.55. The minimum Gasteiger partial charge on any atom is -0.497 e. The number of amides is 3. The van der Waals surface area contributed by atoms with Crippen molar-refractivity contribution in [3.63, 3.8) is 0 Å². The average Bonchev–Trinajstić information content (AvgIpc) is 0.822. The van der Waals surface area contributed by atoms with Gasteiger partial charge in [-0.05, 0) is 54.8 Å². The number of ether oxygens (including phenoxy) is 6. The zero-order valence-corrected chi connectivity index (χ0v) is 54.9. The molecule has 3 unspecified atom stereocenters. The quantitative estimate of drug-likeness (QED) is 0.00405. The maximum atomic E-state index is 13.2. The molecule has 3 heterocycles. The molecule has 0 spiro atoms. The molecule has 3 amide bonds. The minimum absolute atomic E-state index is 0.0889. The summed E-state index contributed by atoms with van der Waals surface area (Å²) in [7, 11) is -27.6. The predicted molar refractivity (Wildman–Crippen MR) is 332 cm³/mol. The highest BCUT2D eigenvalue weighted by Crippen LogP contribution is 2.66. The van der Waals surface area contributed by atoms with E-state index in [0.717, 1.165) is 36.8 Å². The van der Waals surface area contributed by atoms with Crippen LogP contribution in [0.5, 0.6) is 0 Å². The second kappa shape index (κ2) is 35.0. The van der Waals surface area contributed by atoms with E-state index in [0.29, 0.717) is 19.3 Å². The molecule has 528 valence electrons. The van der Waals surface area contributed by atoms with Gasteiger partial charge in [-0.25, -0.2) is 28.1 Å². The normalized spacial score (nSPS) is 16.2. The van der Waals surface area contributed by atoms with Gasteiger partial charge in [-0.2, -0.15) is 41.0 Å². The first kappa shape index (κ1) is 78.0. The number of nitrogens with one attached hydrogen (secondary N) is 5. The largest absolute Gasteiger partial charge is 0.497 e. The van der Waals surface area contributed by atoms with Crippen molar-refractivity contribution in [3.05, 3.63) is 105 Å². The number of carbonyl (C=O) groups is 4. The van der Waals surface area contributed by atoms with Gasteiger partial charge in [-0.15, -0.1) is 0 Å². The van der Waals surface area contributed by atoms with Crippen molar-refractivity contribution in [2.24, 2.45) is 0 Å². The number of phosphoric ester groups is 1. The highest BCUT2D eigenvalue weighted by atomic mass is 32.2. The lowest BCUT2D eigenvalue weighted by Crippen LogP contribution is -2.27. The maximum Gasteiger partial charge on any atom is 0.490 e. The number of benzene rings is 3. The number of carboxylic acid groups (broad SMARTS) is 1. The number of nitrogen functional groups attached to an aromatic ring is 2. The Morgan fingerprint density at radius 1 is 0.837 bits per heavy atom. The Hall–Kier alpha value is -8.98. The zero-order valence-electron chi connectivity index (χ0n) is 50.6. The van der Waals surface area contributed by atoms with E-state index >= 15 is 0 Å². The van der Waals surface area contributed by atoms with Gasteiger partial charge < -0.3 is 89.9 Å². The number of aromatic nitrogens is 2. The van der Waals surface area contributed by atoms with Crippen LogP contribution in [0.2, 0.25) is 0 Å². The number of hydrogen-bond donors (Lipinski definition) is 14. The van der Waals surface area contributed by atoms with E-state index in [2.05, 4.69) is 50.9 Å². The Balaban J connectivity index is 0.843. The molecule has 0 radical (unpaired) electrons. The van der Waals surface area contributed by atoms with Crippen molar-refractivity contribution in [2.45, 2.75) is 66.6 Å². The van der Waals surface area contributed by atoms with Gasteiger partial charge in [-0.1, -0.05) is 24.3 Å². The Kier molecular flexibility index (Phi) is 27.9. The number of nitrogens with two attached hydrogens (primary N) is 2. The summed E-state index contributed by atoms with van der Waals surface area (Å²) in [4.78, 5) is 104. The fourth-order valence-corrected chi connectivity index (χ4v) is 13.6. The van der Waals surface area contributed by atoms with Gasteiger partial charge >= 0.3 is 41.2 Å². The third-order valence-corrected chi connectivity index (χ3v) is 18.8. The SMILES string of the molecule is N#C/C=C/OC1C[C@H](c2[nH]c(=O)nc(N)c2C#CCNC(=O)OCCO/C=C(\C#N)CCOCCOCCNC(=O)CCCCCNC(=O)c2ccc(-c3c4ccc(=N)c(S(=O)(=O)O)c-4oc4c(S(=O)(=O)O)c(N)ccc34)c(C(=O)O)c2)O[C@@H]1COP(=O)(O)OP(=O)(O)OP(=O)(O)O. The maximum absolute atomic E-state index is 13.2. The molecule has 3 aliphatic rings. The number of H-pyrrole nitrogens is 1. The first-order chi connectivity index (χ1) is 46.1. The molecular formula is C54H61N10O29P3S2. The number of hydrogen-bond acceptors (Lipinski definition) is 28. The van der Waals surface area contributed by atoms with Crippen molar-refractivity contribution in [1.29, 1.82) is 15.9 Å². The molecule has 98 heavy (non-hydrogen) atoms. The van der Waals surface area contributed by atoms with E-state index in [1.807, 2.05) is 6.07 Å². The number of aromatic amines is 1. The fraction of sp³-hybridized carbons (Fsp3) is 0.352. The molecule has 16 N–H and O–H groups in total. The molecule has 44 heteroatoms. The Morgan fingerprint density at radius 2 is 1.55 bits per heavy atom. The molecule has 0 saturated carbocycles. The molecule has 3 aromatic rings. The number of phosphoric acid groups is 3. The number of carbonyl (C=O) groups excluding carboxylic acids is 3. The van der Waals surface area contributed by atoms with Crippen molar-refractivity contribution in [3.8, 4) is 46.4 Å². The number of alkyl carbamates (subject to hydrolysis) is 1. The van der Waals surface area contributed by atoms with Crippen LogP contribution in [0.4, 0.5) is 16.3 Å². The second-order valence-electron chi connectivity index (χ2n) is 20.1. The number of allylic oxidation sites excluding steroid dienone is 1. The van der Waals surface area contributed by atoms with Crippen molar-refractivity contribution < 1.29 is 129 Å². The first-order valence-electron chi connectivity index (χ1n) is 28.2. The molecule has 5 atom stereocenters. The van der Waals surface area contributed by atoms with E-state index in [-0.39, 0.29) is 129 Å². The first-order valence-corrected chi connectivity index (χ1v) is 35.6. The molecule has 2 aliphatic heterocycles. The van der Waals surface area contributed by atoms with Crippen LogP contribution in [0.15, 0.2) is 85.6 Å². The van der Waals surface area contributed by atoms with Gasteiger partial charge in [0, 0.05) is 54.4 Å². The summed E-state index contributed by atoms with van der Waals surface area (Å²) in [6.45, 7) is -0.825. The van der Waals surface area contributed by atoms with Crippen molar-refractivity contribution >= 4 is 90.1 Å². The van der Waals surface area contributed by atoms with E-state index < -0.39 is 136 Å². The summed E-state index contributed by atoms with van der Waals surface area (Å²) in [5, 5.41) is 43.7. The van der Waals surface area contributed by atoms with Crippen LogP contribution in [-0.4, -0.2) is 163 Å². The summed E-state index contributed by atoms with van der Waals surface area (Å²) >= 11 is 0. The Bertz CT molecular complexity index is 4520. The van der Waals surface area contributed by atoms with Crippen LogP contribution >= 0.6 is 23.5 Å². The van der Waals surface area contributed by atoms with Crippen LogP contribution in [-0.2, 0) is 80.3 Å². The zero-order chi connectivity index (χ0) is 72.2. The third kappa shape index (κ3) is 23.1. The lowest BCUT2D eigenvalue weighted by molar-refractivity contribution is -0.121. The van der Waals surface area contributed by atoms with Gasteiger partial charge in [0.1, 0.15) is 37.3 Å². The van der Waals surface area contributed by atoms with Crippen LogP contribution in [0.25, 0.3) is 33.4 Å². The number of fused-ring (bicyclic) bond motifs is 2. The Morgan fingerprint density at radius 3 is 2.23 bits per heavy atom. The topological polar surface area (TPSA) is 631 Å². The van der Waals surface area contributed by atoms with E-state index in [4.69, 9.17) is 64.8 Å². The highest BCUT2D eigenvalue weighted by molar-refractivity contribution is 7.86. The molecule has 1 saturated heterocycles. The third-order valence-electron chi connectivity index (χ3n) is 13.2. The number of aromatic carboxylic acids is 1. The summed E-state index contributed by atoms with van der Waals surface area (Å²) in [6, 6.07) is 11.6. The average molecular weight is 1470 g/mol. The summed E-state index contributed by atoms with van der Waals surface area (Å²) < 4.78 is 156. The molecule has 2 aromatic carbocycles. The van der Waals surface area contributed by atoms with E-state index in [1.165, 1.54) is 24.3 Å². The molecule has 1 aromatic heterocycles. The van der Waals surface area contributed by atoms with Gasteiger partial charge in [0.25, 0.3) is 26.1 Å². The monoisotopic (exact) mass is 1470 g/mol. The summed E-state index contributed by atoms with van der Waals surface area (Å²) in [6.07, 6.45) is -0.116. The summed E-state index contributed by atoms with van der Waals surface area (Å²) in [5.41, 5.74) is 8.45. The standard InChI is InChI=1S/C54H61N10O29P3S2/c55-15-5-19-87-40-27-41(90-42(40)30-89-95(74,75)93-96(76,77)92-94(71,72)73)45-36(50(59)64-53(69)63-45)6-4-17-62-54(70)88-25-24-86-29-31(28-56)14-20-84-22-23-85-21-18-60-43(65)7-2-1-3-16-61-51(66)32-8-9-33(37(26-32)52(67)68)44-34-10-12-38(57)48(97(78,79)80)46(34)91-47-35(44)11-13-39(58)49(47)98(81,82)83/h5,8-13,19,26,29,40-42,57H,1-3,7,14,16-18,20-25,27,30,58H2,(H,60,65)(H,61,66)(H,62,70)(H,67,68)(H,74,75)(H,76,77)(H2,71,72,73)(H,78,79,80)(H,81,82,83)(H3,59,63,64,69)/b19-5+,31-29-,57-38?/t40?,41-,42-/m1/s1. The lowest BCUT2D eigenvalue weighted by atomic mass is 9.89. The number of unbranched alkanes of at least 4 members (excludes halogenated alkanes) is 2. The molecule has 6 rings (SSSR count). The van der Waals surface area contributed by atoms with Gasteiger partial charge in [-0.3, -0.25) is 28.6 Å². The molecule has 1 aliphatic carbocycles. The number of nitrogens with zero attached hydrogens (tertiary/aromatic N) is 3. The predicted octanol–water partition coefficient (Wildman–Crippen LogP) is 2.75. The number of nitriles is 2.